The highest BCUT2D eigenvalue weighted by molar-refractivity contribution is 6.03. The summed E-state index contributed by atoms with van der Waals surface area (Å²) >= 11 is 0. The van der Waals surface area contributed by atoms with E-state index in [4.69, 9.17) is 10.8 Å². The van der Waals surface area contributed by atoms with E-state index in [9.17, 15) is 9.18 Å². The molecule has 0 fully saturated rings. The lowest BCUT2D eigenvalue weighted by Crippen LogP contribution is -2.32. The van der Waals surface area contributed by atoms with Gasteiger partial charge in [-0.15, -0.1) is 0 Å². The molecule has 0 aromatic carbocycles. The first-order valence-corrected chi connectivity index (χ1v) is 8.58. The van der Waals surface area contributed by atoms with Gasteiger partial charge in [0, 0.05) is 5.69 Å². The van der Waals surface area contributed by atoms with Crippen LogP contribution in [0.3, 0.4) is 0 Å². The van der Waals surface area contributed by atoms with Crippen molar-refractivity contribution in [3.63, 3.8) is 0 Å². The predicted molar refractivity (Wildman–Crippen MR) is 94.9 cm³/mol. The summed E-state index contributed by atoms with van der Waals surface area (Å²) < 4.78 is 14.4. The smallest absolute Gasteiger partial charge is 0.261 e. The van der Waals surface area contributed by atoms with Crippen molar-refractivity contribution in [2.45, 2.75) is 39.0 Å². The first-order chi connectivity index (χ1) is 12.5. The number of aromatic nitrogens is 3. The van der Waals surface area contributed by atoms with Crippen LogP contribution in [0.1, 0.15) is 54.2 Å². The topological polar surface area (TPSA) is 108 Å². The Labute approximate surface area is 150 Å². The second-order valence-electron chi connectivity index (χ2n) is 6.52. The molecule has 3 rings (SSSR count). The number of nitrogens with one attached hydrogen (secondary N) is 3. The molecule has 2 heterocycles. The number of fused-ring (bicyclic) bond motifs is 1. The van der Waals surface area contributed by atoms with E-state index in [-0.39, 0.29) is 17.0 Å². The summed E-state index contributed by atoms with van der Waals surface area (Å²) in [6.07, 6.45) is 5.75. The minimum atomic E-state index is -0.597. The second kappa shape index (κ2) is 7.15. The zero-order chi connectivity index (χ0) is 18.8. The number of amides is 1. The highest BCUT2D eigenvalue weighted by atomic mass is 19.1. The number of nitrogens with zero attached hydrogens (tertiary/aromatic N) is 3. The van der Waals surface area contributed by atoms with Crippen LogP contribution in [0.15, 0.2) is 18.5 Å². The fraction of sp³-hybridized carbons (Fsp3) is 0.389. The van der Waals surface area contributed by atoms with Crippen molar-refractivity contribution in [1.82, 2.24) is 14.5 Å². The number of pyridine rings is 1. The summed E-state index contributed by atoms with van der Waals surface area (Å²) in [6.45, 7) is 4.31. The van der Waals surface area contributed by atoms with Gasteiger partial charge in [-0.25, -0.2) is 14.4 Å². The van der Waals surface area contributed by atoms with Gasteiger partial charge in [-0.1, -0.05) is 20.3 Å². The number of anilines is 1. The third-order valence-electron chi connectivity index (χ3n) is 5.06. The van der Waals surface area contributed by atoms with E-state index in [1.54, 1.807) is 6.07 Å². The van der Waals surface area contributed by atoms with Crippen LogP contribution in [0.25, 0.3) is 0 Å². The third-order valence-corrected chi connectivity index (χ3v) is 5.06. The predicted octanol–water partition coefficient (Wildman–Crippen LogP) is 2.68. The summed E-state index contributed by atoms with van der Waals surface area (Å²) in [5.41, 5.74) is 2.03. The molecule has 26 heavy (non-hydrogen) atoms. The zero-order valence-corrected chi connectivity index (χ0v) is 14.7. The number of hydrogen-bond donors (Lipinski definition) is 3. The average molecular weight is 356 g/mol. The molecule has 7 nitrogen and oxygen atoms in total. The number of rotatable bonds is 5. The Hall–Kier alpha value is -2.90. The Morgan fingerprint density at radius 3 is 2.81 bits per heavy atom. The molecule has 2 aromatic rings. The van der Waals surface area contributed by atoms with Gasteiger partial charge < -0.3 is 0 Å². The van der Waals surface area contributed by atoms with Gasteiger partial charge in [0.15, 0.2) is 5.82 Å². The van der Waals surface area contributed by atoms with Crippen LogP contribution in [0, 0.1) is 22.6 Å². The highest BCUT2D eigenvalue weighted by Crippen LogP contribution is 2.39. The van der Waals surface area contributed by atoms with Gasteiger partial charge in [-0.05, 0) is 36.3 Å². The van der Waals surface area contributed by atoms with Crippen molar-refractivity contribution in [2.75, 3.05) is 5.32 Å². The molecule has 0 aliphatic heterocycles. The lowest BCUT2D eigenvalue weighted by atomic mass is 9.87. The maximum absolute atomic E-state index is 12.9. The minimum absolute atomic E-state index is 0.0313. The van der Waals surface area contributed by atoms with E-state index in [0.29, 0.717) is 11.8 Å². The van der Waals surface area contributed by atoms with Crippen LogP contribution >= 0.6 is 0 Å². The van der Waals surface area contributed by atoms with Gasteiger partial charge in [0.1, 0.15) is 5.49 Å². The molecule has 3 N–H and O–H groups in total. The molecule has 2 atom stereocenters. The lowest BCUT2D eigenvalue weighted by molar-refractivity contribution is 0.102. The SMILES string of the molecule is CCC(C)C1CCc2c1cc(C(=O)Nc1ncc(F)cn1)c(=N)n2C=N. The summed E-state index contributed by atoms with van der Waals surface area (Å²) in [6, 6.07) is 1.75. The van der Waals surface area contributed by atoms with Crippen LogP contribution in [0.2, 0.25) is 0 Å². The maximum Gasteiger partial charge on any atom is 0.261 e. The van der Waals surface area contributed by atoms with Crippen molar-refractivity contribution in [1.29, 1.82) is 10.8 Å². The van der Waals surface area contributed by atoms with Crippen LogP contribution in [0.5, 0.6) is 0 Å². The van der Waals surface area contributed by atoms with Crippen molar-refractivity contribution in [3.8, 4) is 0 Å². The van der Waals surface area contributed by atoms with Gasteiger partial charge in [-0.2, -0.15) is 0 Å². The molecule has 2 unspecified atom stereocenters. The van der Waals surface area contributed by atoms with E-state index in [2.05, 4.69) is 29.1 Å². The molecule has 1 aliphatic carbocycles. The Morgan fingerprint density at radius 1 is 1.50 bits per heavy atom. The number of carbonyl (C=O) groups is 1. The monoisotopic (exact) mass is 356 g/mol. The van der Waals surface area contributed by atoms with Crippen LogP contribution in [-0.2, 0) is 6.42 Å². The molecule has 0 bridgehead atoms. The standard InChI is InChI=1S/C18H21FN6O/c1-3-10(2)12-4-5-15-13(12)6-14(16(21)25(15)9-20)17(26)24-18-22-7-11(19)8-23-18/h6-10,12,20-21H,3-5H2,1-2H3,(H,22,23,24,26). The first-order valence-electron chi connectivity index (χ1n) is 8.58. The lowest BCUT2D eigenvalue weighted by Gasteiger charge is -2.20. The van der Waals surface area contributed by atoms with Crippen molar-refractivity contribution < 1.29 is 9.18 Å². The van der Waals surface area contributed by atoms with E-state index in [1.165, 1.54) is 4.57 Å². The summed E-state index contributed by atoms with van der Waals surface area (Å²) in [5.74, 6) is -0.426. The Morgan fingerprint density at radius 2 is 2.19 bits per heavy atom. The van der Waals surface area contributed by atoms with E-state index < -0.39 is 11.7 Å². The van der Waals surface area contributed by atoms with Crippen molar-refractivity contribution >= 4 is 18.2 Å². The van der Waals surface area contributed by atoms with Gasteiger partial charge in [0.05, 0.1) is 24.3 Å². The third kappa shape index (κ3) is 3.14. The largest absolute Gasteiger partial charge is 0.291 e. The molecule has 1 aliphatic rings. The van der Waals surface area contributed by atoms with Crippen LogP contribution in [0.4, 0.5) is 10.3 Å². The molecule has 8 heteroatoms. The summed E-state index contributed by atoms with van der Waals surface area (Å²) in [5, 5.41) is 18.5. The van der Waals surface area contributed by atoms with Gasteiger partial charge in [-0.3, -0.25) is 25.5 Å². The van der Waals surface area contributed by atoms with E-state index in [0.717, 1.165) is 49.3 Å². The Kier molecular flexibility index (Phi) is 4.92. The Bertz CT molecular complexity index is 905. The quantitative estimate of drug-likeness (QED) is 0.566. The average Bonchev–Trinajstić information content (AvgIpc) is 3.06. The van der Waals surface area contributed by atoms with Crippen LogP contribution in [-0.4, -0.2) is 26.8 Å². The molecule has 1 amide bonds. The number of halogens is 1. The van der Waals surface area contributed by atoms with Gasteiger partial charge >= 0.3 is 0 Å². The van der Waals surface area contributed by atoms with Crippen molar-refractivity contribution in [3.05, 3.63) is 46.6 Å². The first kappa shape index (κ1) is 17.9. The highest BCUT2D eigenvalue weighted by Gasteiger charge is 2.30. The fourth-order valence-electron chi connectivity index (χ4n) is 3.48. The molecule has 136 valence electrons. The molecule has 0 spiro atoms. The summed E-state index contributed by atoms with van der Waals surface area (Å²) in [4.78, 5) is 20.1. The minimum Gasteiger partial charge on any atom is -0.291 e. The fourth-order valence-corrected chi connectivity index (χ4v) is 3.48. The Balaban J connectivity index is 2.02. The second-order valence-corrected chi connectivity index (χ2v) is 6.52. The van der Waals surface area contributed by atoms with E-state index in [1.807, 2.05) is 0 Å². The molecule has 0 saturated heterocycles. The number of carbonyl (C=O) groups excluding carboxylic acids is 1. The maximum atomic E-state index is 12.9. The molecular weight excluding hydrogens is 335 g/mol. The molecular formula is C18H21FN6O. The summed E-state index contributed by atoms with van der Waals surface area (Å²) in [7, 11) is 0. The molecule has 0 radical (unpaired) electrons. The van der Waals surface area contributed by atoms with Gasteiger partial charge in [0.25, 0.3) is 5.91 Å². The number of hydrogen-bond acceptors (Lipinski definition) is 5. The molecule has 2 aromatic heterocycles. The normalized spacial score (nSPS) is 16.8. The van der Waals surface area contributed by atoms with Gasteiger partial charge in [0.2, 0.25) is 5.95 Å². The van der Waals surface area contributed by atoms with Crippen molar-refractivity contribution in [2.24, 2.45) is 5.92 Å². The zero-order valence-electron chi connectivity index (χ0n) is 14.7. The molecule has 0 saturated carbocycles. The van der Waals surface area contributed by atoms with Crippen LogP contribution < -0.4 is 10.8 Å². The van der Waals surface area contributed by atoms with E-state index >= 15 is 0 Å².